The Hall–Kier alpha value is -3.15. The number of amides is 1. The number of ether oxygens (including phenoxy) is 1. The minimum atomic E-state index is -0.339. The SMILES string of the molecule is CC.CC.O=C1c2oc(COc3ccccc3)nc2CCN1c1ccc(F)cc1. The molecule has 0 aliphatic carbocycles. The van der Waals surface area contributed by atoms with Gasteiger partial charge in [0.1, 0.15) is 11.6 Å². The minimum Gasteiger partial charge on any atom is -0.484 e. The van der Waals surface area contributed by atoms with Crippen molar-refractivity contribution in [2.75, 3.05) is 11.4 Å². The van der Waals surface area contributed by atoms with Gasteiger partial charge in [-0.3, -0.25) is 4.79 Å². The zero-order valence-electron chi connectivity index (χ0n) is 17.3. The number of hydrogen-bond acceptors (Lipinski definition) is 4. The molecule has 2 heterocycles. The topological polar surface area (TPSA) is 55.6 Å². The van der Waals surface area contributed by atoms with Crippen LogP contribution in [0, 0.1) is 5.82 Å². The van der Waals surface area contributed by atoms with Gasteiger partial charge in [-0.05, 0) is 36.4 Å². The summed E-state index contributed by atoms with van der Waals surface area (Å²) < 4.78 is 24.3. The molecule has 0 N–H and O–H groups in total. The van der Waals surface area contributed by atoms with Gasteiger partial charge >= 0.3 is 0 Å². The van der Waals surface area contributed by atoms with Gasteiger partial charge in [0.2, 0.25) is 11.7 Å². The normalized spacial score (nSPS) is 12.2. The molecule has 1 amide bonds. The molecule has 4 rings (SSSR count). The number of carbonyl (C=O) groups is 1. The highest BCUT2D eigenvalue weighted by molar-refractivity contribution is 6.05. The maximum Gasteiger partial charge on any atom is 0.296 e. The van der Waals surface area contributed by atoms with E-state index in [-0.39, 0.29) is 24.1 Å². The summed E-state index contributed by atoms with van der Waals surface area (Å²) in [5.74, 6) is 0.684. The van der Waals surface area contributed by atoms with E-state index in [1.165, 1.54) is 12.1 Å². The second kappa shape index (κ2) is 11.0. The standard InChI is InChI=1S/C19H15FN2O3.2C2H6/c20-13-6-8-14(9-7-13)22-11-10-16-18(19(22)23)25-17(21-16)12-24-15-4-2-1-3-5-15;2*1-2/h1-9H,10-12H2;2*1-2H3. The third-order valence-corrected chi connectivity index (χ3v) is 4.00. The lowest BCUT2D eigenvalue weighted by Crippen LogP contribution is -2.37. The fourth-order valence-electron chi connectivity index (χ4n) is 2.77. The van der Waals surface area contributed by atoms with Crippen LogP contribution >= 0.6 is 0 Å². The van der Waals surface area contributed by atoms with Gasteiger partial charge in [0.05, 0.1) is 5.69 Å². The minimum absolute atomic E-state index is 0.154. The number of halogens is 1. The Bertz CT molecular complexity index is 892. The quantitative estimate of drug-likeness (QED) is 0.570. The third-order valence-electron chi connectivity index (χ3n) is 4.00. The van der Waals surface area contributed by atoms with E-state index in [1.807, 2.05) is 58.0 Å². The number of nitrogens with zero attached hydrogens (tertiary/aromatic N) is 2. The van der Waals surface area contributed by atoms with Gasteiger partial charge in [0.15, 0.2) is 6.61 Å². The van der Waals surface area contributed by atoms with Crippen LogP contribution in [0.3, 0.4) is 0 Å². The smallest absolute Gasteiger partial charge is 0.296 e. The highest BCUT2D eigenvalue weighted by Gasteiger charge is 2.31. The van der Waals surface area contributed by atoms with Crippen molar-refractivity contribution in [3.8, 4) is 5.75 Å². The van der Waals surface area contributed by atoms with E-state index in [0.717, 1.165) is 0 Å². The molecule has 0 spiro atoms. The fraction of sp³-hybridized carbons (Fsp3) is 0.304. The molecule has 0 radical (unpaired) electrons. The molecule has 1 aliphatic rings. The predicted octanol–water partition coefficient (Wildman–Crippen LogP) is 5.65. The fourth-order valence-corrected chi connectivity index (χ4v) is 2.77. The summed E-state index contributed by atoms with van der Waals surface area (Å²) in [6.45, 7) is 8.63. The zero-order chi connectivity index (χ0) is 21.2. The Labute approximate surface area is 171 Å². The van der Waals surface area contributed by atoms with E-state index in [9.17, 15) is 9.18 Å². The molecule has 0 saturated heterocycles. The van der Waals surface area contributed by atoms with Gasteiger partial charge in [-0.2, -0.15) is 0 Å². The van der Waals surface area contributed by atoms with Crippen LogP contribution in [-0.4, -0.2) is 17.4 Å². The van der Waals surface area contributed by atoms with E-state index in [1.54, 1.807) is 17.0 Å². The monoisotopic (exact) mass is 398 g/mol. The van der Waals surface area contributed by atoms with Crippen LogP contribution in [0.2, 0.25) is 0 Å². The largest absolute Gasteiger partial charge is 0.484 e. The molecule has 2 aromatic carbocycles. The van der Waals surface area contributed by atoms with Crippen molar-refractivity contribution < 1.29 is 18.3 Å². The Morgan fingerprint density at radius 2 is 1.69 bits per heavy atom. The number of para-hydroxylation sites is 1. The molecule has 0 saturated carbocycles. The van der Waals surface area contributed by atoms with Gasteiger partial charge in [-0.25, -0.2) is 9.37 Å². The van der Waals surface area contributed by atoms with Crippen LogP contribution in [0.5, 0.6) is 5.75 Å². The summed E-state index contributed by atoms with van der Waals surface area (Å²) in [6, 6.07) is 15.1. The lowest BCUT2D eigenvalue weighted by molar-refractivity contribution is 0.0948. The first kappa shape index (κ1) is 22.1. The highest BCUT2D eigenvalue weighted by atomic mass is 19.1. The number of rotatable bonds is 4. The number of hydrogen-bond donors (Lipinski definition) is 0. The van der Waals surface area contributed by atoms with Crippen LogP contribution in [-0.2, 0) is 13.0 Å². The number of aromatic nitrogens is 1. The molecule has 0 fully saturated rings. The van der Waals surface area contributed by atoms with Crippen LogP contribution in [0.4, 0.5) is 10.1 Å². The summed E-state index contributed by atoms with van der Waals surface area (Å²) in [5.41, 5.74) is 1.27. The number of carbonyl (C=O) groups excluding carboxylic acids is 1. The molecule has 5 nitrogen and oxygen atoms in total. The van der Waals surface area contributed by atoms with Crippen molar-refractivity contribution in [2.45, 2.75) is 40.7 Å². The Morgan fingerprint density at radius 3 is 2.34 bits per heavy atom. The Morgan fingerprint density at radius 1 is 1.03 bits per heavy atom. The first-order chi connectivity index (χ1) is 14.2. The molecule has 1 aromatic heterocycles. The van der Waals surface area contributed by atoms with Gasteiger partial charge in [0.25, 0.3) is 5.91 Å². The number of benzene rings is 2. The van der Waals surface area contributed by atoms with Gasteiger partial charge < -0.3 is 14.1 Å². The predicted molar refractivity (Wildman–Crippen MR) is 112 cm³/mol. The Balaban J connectivity index is 0.000000707. The summed E-state index contributed by atoms with van der Waals surface area (Å²) in [7, 11) is 0. The molecule has 0 atom stereocenters. The third kappa shape index (κ3) is 5.44. The van der Waals surface area contributed by atoms with Crippen LogP contribution in [0.25, 0.3) is 0 Å². The lowest BCUT2D eigenvalue weighted by Gasteiger charge is -2.25. The zero-order valence-corrected chi connectivity index (χ0v) is 17.3. The molecule has 6 heteroatoms. The maximum atomic E-state index is 13.1. The molecular weight excluding hydrogens is 371 g/mol. The van der Waals surface area contributed by atoms with E-state index in [4.69, 9.17) is 9.15 Å². The number of anilines is 1. The van der Waals surface area contributed by atoms with Crippen molar-refractivity contribution in [1.82, 2.24) is 4.98 Å². The number of fused-ring (bicyclic) bond motifs is 1. The first-order valence-corrected chi connectivity index (χ1v) is 9.94. The van der Waals surface area contributed by atoms with Crippen molar-refractivity contribution >= 4 is 11.6 Å². The van der Waals surface area contributed by atoms with E-state index in [0.29, 0.717) is 36.0 Å². The van der Waals surface area contributed by atoms with Crippen LogP contribution in [0.15, 0.2) is 59.0 Å². The summed E-state index contributed by atoms with van der Waals surface area (Å²) in [5, 5.41) is 0. The molecule has 0 unspecified atom stereocenters. The second-order valence-corrected chi connectivity index (χ2v) is 5.67. The lowest BCUT2D eigenvalue weighted by atomic mass is 10.1. The maximum absolute atomic E-state index is 13.1. The Kier molecular flexibility index (Phi) is 8.40. The van der Waals surface area contributed by atoms with Crippen LogP contribution in [0.1, 0.15) is 49.8 Å². The molecule has 154 valence electrons. The number of oxazole rings is 1. The second-order valence-electron chi connectivity index (χ2n) is 5.67. The van der Waals surface area contributed by atoms with Gasteiger partial charge in [0, 0.05) is 18.7 Å². The summed E-state index contributed by atoms with van der Waals surface area (Å²) in [4.78, 5) is 18.6. The molecule has 1 aliphatic heterocycles. The highest BCUT2D eigenvalue weighted by Crippen LogP contribution is 2.25. The van der Waals surface area contributed by atoms with E-state index >= 15 is 0 Å². The molecule has 29 heavy (non-hydrogen) atoms. The average molecular weight is 398 g/mol. The van der Waals surface area contributed by atoms with E-state index in [2.05, 4.69) is 4.98 Å². The van der Waals surface area contributed by atoms with Crippen molar-refractivity contribution in [3.05, 3.63) is 77.8 Å². The molecule has 3 aromatic rings. The summed E-state index contributed by atoms with van der Waals surface area (Å²) in [6.07, 6.45) is 0.577. The molecule has 0 bridgehead atoms. The van der Waals surface area contributed by atoms with E-state index < -0.39 is 0 Å². The van der Waals surface area contributed by atoms with Crippen molar-refractivity contribution in [1.29, 1.82) is 0 Å². The van der Waals surface area contributed by atoms with Crippen molar-refractivity contribution in [3.63, 3.8) is 0 Å². The van der Waals surface area contributed by atoms with Crippen molar-refractivity contribution in [2.24, 2.45) is 0 Å². The van der Waals surface area contributed by atoms with Gasteiger partial charge in [-0.1, -0.05) is 45.9 Å². The summed E-state index contributed by atoms with van der Waals surface area (Å²) >= 11 is 0. The molecular formula is C23H27FN2O3. The van der Waals surface area contributed by atoms with Gasteiger partial charge in [-0.15, -0.1) is 0 Å². The first-order valence-electron chi connectivity index (χ1n) is 9.94. The average Bonchev–Trinajstić information content (AvgIpc) is 3.21. The van der Waals surface area contributed by atoms with Crippen LogP contribution < -0.4 is 9.64 Å².